The van der Waals surface area contributed by atoms with Gasteiger partial charge in [-0.2, -0.15) is 0 Å². The van der Waals surface area contributed by atoms with E-state index in [1.807, 2.05) is 0 Å². The first kappa shape index (κ1) is 14.1. The van der Waals surface area contributed by atoms with E-state index in [4.69, 9.17) is 4.74 Å². The number of hydrogen-bond acceptors (Lipinski definition) is 1. The molecule has 1 nitrogen and oxygen atoms in total. The maximum atomic E-state index is 6.47. The van der Waals surface area contributed by atoms with Crippen molar-refractivity contribution in [3.63, 3.8) is 0 Å². The van der Waals surface area contributed by atoms with E-state index in [0.29, 0.717) is 6.10 Å². The van der Waals surface area contributed by atoms with E-state index >= 15 is 0 Å². The van der Waals surface area contributed by atoms with Gasteiger partial charge in [-0.15, -0.1) is 0 Å². The molecule has 0 heterocycles. The molecule has 0 amide bonds. The molecule has 0 aliphatic heterocycles. The zero-order valence-corrected chi connectivity index (χ0v) is 14.5. The number of allylic oxidation sites excluding steroid dienone is 2. The van der Waals surface area contributed by atoms with E-state index in [0.717, 1.165) is 41.3 Å². The molecule has 3 fully saturated rings. The Labute approximate surface area is 140 Å². The van der Waals surface area contributed by atoms with Gasteiger partial charge in [-0.05, 0) is 77.9 Å². The summed E-state index contributed by atoms with van der Waals surface area (Å²) in [6.45, 7) is 6.80. The molecule has 4 aliphatic rings. The number of hydrogen-bond donors (Lipinski definition) is 0. The monoisotopic (exact) mass is 308 g/mol. The Morgan fingerprint density at radius 1 is 0.870 bits per heavy atom. The second-order valence-electron chi connectivity index (χ2n) is 9.43. The summed E-state index contributed by atoms with van der Waals surface area (Å²) in [5.41, 5.74) is 1.60. The second kappa shape index (κ2) is 4.65. The summed E-state index contributed by atoms with van der Waals surface area (Å²) < 4.78 is 6.47. The van der Waals surface area contributed by atoms with E-state index in [1.54, 1.807) is 0 Å². The minimum Gasteiger partial charge on any atom is -0.490 e. The van der Waals surface area contributed by atoms with Gasteiger partial charge in [0.2, 0.25) is 0 Å². The highest BCUT2D eigenvalue weighted by Gasteiger charge is 2.61. The average Bonchev–Trinajstić information content (AvgIpc) is 3.25. The summed E-state index contributed by atoms with van der Waals surface area (Å²) in [5, 5.41) is 0. The molecule has 4 bridgehead atoms. The highest BCUT2D eigenvalue weighted by molar-refractivity contribution is 5.32. The molecule has 0 N–H and O–H groups in total. The van der Waals surface area contributed by atoms with Crippen molar-refractivity contribution in [3.05, 3.63) is 42.0 Å². The maximum absolute atomic E-state index is 6.47. The molecule has 7 atom stereocenters. The van der Waals surface area contributed by atoms with Gasteiger partial charge in [0.25, 0.3) is 0 Å². The Bertz CT molecular complexity index is 635. The maximum Gasteiger partial charge on any atom is 0.119 e. The second-order valence-corrected chi connectivity index (χ2v) is 9.43. The van der Waals surface area contributed by atoms with Gasteiger partial charge in [0, 0.05) is 0 Å². The van der Waals surface area contributed by atoms with Gasteiger partial charge in [-0.1, -0.05) is 45.1 Å². The highest BCUT2D eigenvalue weighted by Crippen LogP contribution is 2.65. The largest absolute Gasteiger partial charge is 0.490 e. The Morgan fingerprint density at radius 2 is 1.57 bits per heavy atom. The van der Waals surface area contributed by atoms with Crippen molar-refractivity contribution < 1.29 is 4.74 Å². The van der Waals surface area contributed by atoms with Gasteiger partial charge in [-0.3, -0.25) is 0 Å². The minimum absolute atomic E-state index is 0.216. The van der Waals surface area contributed by atoms with Crippen molar-refractivity contribution in [2.45, 2.75) is 51.6 Å². The lowest BCUT2D eigenvalue weighted by molar-refractivity contribution is 0.0664. The van der Waals surface area contributed by atoms with E-state index in [9.17, 15) is 0 Å². The first-order valence-electron chi connectivity index (χ1n) is 9.46. The summed E-state index contributed by atoms with van der Waals surface area (Å²) in [4.78, 5) is 0. The van der Waals surface area contributed by atoms with Crippen LogP contribution in [0.2, 0.25) is 0 Å². The van der Waals surface area contributed by atoms with Crippen molar-refractivity contribution in [1.29, 1.82) is 0 Å². The van der Waals surface area contributed by atoms with Crippen molar-refractivity contribution >= 4 is 0 Å². The van der Waals surface area contributed by atoms with Crippen LogP contribution in [-0.4, -0.2) is 6.10 Å². The third-order valence-electron chi connectivity index (χ3n) is 7.22. The van der Waals surface area contributed by atoms with Gasteiger partial charge in [0.1, 0.15) is 11.9 Å². The smallest absolute Gasteiger partial charge is 0.119 e. The van der Waals surface area contributed by atoms with Crippen LogP contribution < -0.4 is 4.74 Å². The molecule has 5 rings (SSSR count). The molecule has 3 saturated carbocycles. The van der Waals surface area contributed by atoms with E-state index in [-0.39, 0.29) is 5.41 Å². The van der Waals surface area contributed by atoms with Gasteiger partial charge in [0.15, 0.2) is 0 Å². The van der Waals surface area contributed by atoms with E-state index in [1.165, 1.54) is 24.8 Å². The first-order valence-corrected chi connectivity index (χ1v) is 9.46. The van der Waals surface area contributed by atoms with Crippen LogP contribution in [0.5, 0.6) is 5.75 Å². The molecule has 4 aliphatic carbocycles. The first-order chi connectivity index (χ1) is 11.0. The van der Waals surface area contributed by atoms with Crippen LogP contribution in [0.4, 0.5) is 0 Å². The Kier molecular flexibility index (Phi) is 2.86. The van der Waals surface area contributed by atoms with Crippen LogP contribution in [0, 0.1) is 35.5 Å². The third-order valence-corrected chi connectivity index (χ3v) is 7.22. The van der Waals surface area contributed by atoms with Crippen molar-refractivity contribution in [1.82, 2.24) is 0 Å². The average molecular weight is 308 g/mol. The molecule has 0 saturated heterocycles. The minimum atomic E-state index is 0.216. The molecule has 0 spiro atoms. The summed E-state index contributed by atoms with van der Waals surface area (Å²) >= 11 is 0. The SMILES string of the molecule is CC(C)(C)c1ccc(OC2CC3CC2C2C4C=CC(C4)C32)cc1. The molecular weight excluding hydrogens is 280 g/mol. The summed E-state index contributed by atoms with van der Waals surface area (Å²) in [6, 6.07) is 8.85. The number of benzene rings is 1. The standard InChI is InChI=1S/C22H28O/c1-22(2,3)16-6-8-17(9-7-16)23-19-12-15-11-18(19)21-14-5-4-13(10-14)20(15)21/h4-9,13-15,18-21H,10-12H2,1-3H3. The lowest BCUT2D eigenvalue weighted by Gasteiger charge is -2.36. The Morgan fingerprint density at radius 3 is 2.26 bits per heavy atom. The third kappa shape index (κ3) is 2.05. The normalized spacial score (nSPS) is 43.2. The predicted molar refractivity (Wildman–Crippen MR) is 93.5 cm³/mol. The van der Waals surface area contributed by atoms with Crippen LogP contribution in [0.3, 0.4) is 0 Å². The molecule has 0 aromatic heterocycles. The lowest BCUT2D eigenvalue weighted by atomic mass is 9.72. The van der Waals surface area contributed by atoms with E-state index in [2.05, 4.69) is 57.2 Å². The highest BCUT2D eigenvalue weighted by atomic mass is 16.5. The summed E-state index contributed by atoms with van der Waals surface area (Å²) in [6.07, 6.45) is 9.66. The quantitative estimate of drug-likeness (QED) is 0.538. The molecule has 1 aromatic rings. The van der Waals surface area contributed by atoms with Crippen LogP contribution in [0.15, 0.2) is 36.4 Å². The van der Waals surface area contributed by atoms with Crippen molar-refractivity contribution in [3.8, 4) is 5.75 Å². The van der Waals surface area contributed by atoms with Crippen LogP contribution >= 0.6 is 0 Å². The summed E-state index contributed by atoms with van der Waals surface area (Å²) in [7, 11) is 0. The predicted octanol–water partition coefficient (Wildman–Crippen LogP) is 5.21. The van der Waals surface area contributed by atoms with Gasteiger partial charge < -0.3 is 4.74 Å². The number of ether oxygens (including phenoxy) is 1. The zero-order chi connectivity index (χ0) is 15.8. The topological polar surface area (TPSA) is 9.23 Å². The van der Waals surface area contributed by atoms with Gasteiger partial charge >= 0.3 is 0 Å². The van der Waals surface area contributed by atoms with Crippen LogP contribution in [0.25, 0.3) is 0 Å². The number of fused-ring (bicyclic) bond motifs is 9. The molecule has 0 radical (unpaired) electrons. The van der Waals surface area contributed by atoms with Crippen molar-refractivity contribution in [2.24, 2.45) is 35.5 Å². The fourth-order valence-electron chi connectivity index (χ4n) is 6.30. The Balaban J connectivity index is 1.32. The van der Waals surface area contributed by atoms with Crippen LogP contribution in [0.1, 0.15) is 45.6 Å². The zero-order valence-electron chi connectivity index (χ0n) is 14.5. The Hall–Kier alpha value is -1.24. The van der Waals surface area contributed by atoms with Gasteiger partial charge in [-0.25, -0.2) is 0 Å². The molecule has 7 unspecified atom stereocenters. The van der Waals surface area contributed by atoms with Gasteiger partial charge in [0.05, 0.1) is 0 Å². The molecule has 1 aromatic carbocycles. The summed E-state index contributed by atoms with van der Waals surface area (Å²) in [5.74, 6) is 6.53. The van der Waals surface area contributed by atoms with Crippen molar-refractivity contribution in [2.75, 3.05) is 0 Å². The molecule has 122 valence electrons. The fraction of sp³-hybridized carbons (Fsp3) is 0.636. The molecular formula is C22H28O. The lowest BCUT2D eigenvalue weighted by Crippen LogP contribution is -2.36. The molecule has 1 heteroatoms. The fourth-order valence-corrected chi connectivity index (χ4v) is 6.30. The number of rotatable bonds is 2. The van der Waals surface area contributed by atoms with E-state index < -0.39 is 0 Å². The molecule has 23 heavy (non-hydrogen) atoms. The van der Waals surface area contributed by atoms with Crippen LogP contribution in [-0.2, 0) is 5.41 Å².